The molecule has 6 rings (SSSR count). The molecule has 2 N–H and O–H groups in total. The zero-order valence-electron chi connectivity index (χ0n) is 23.6. The molecule has 1 saturated heterocycles. The molecule has 0 saturated carbocycles. The van der Waals surface area contributed by atoms with Gasteiger partial charge >= 0.3 is 0 Å². The standard InChI is InChI=1S/C30H32BrN6O4P/c1-39-27-15-26(37-9-12-40-13-10-37)21(19-8-11-41-18-19)14-24(27)35-30-33-16-22(31)29(36-30)34-25-17-32-23-7-5-4-6-20(23)28(25)42(2,3)38/h4-8,11,14-17,19H,9-10,12-13,18H2,1-3H3,(H2,33,34,35,36). The molecule has 0 bridgehead atoms. The fourth-order valence-electron chi connectivity index (χ4n) is 5.35. The topological polar surface area (TPSA) is 111 Å². The Morgan fingerprint density at radius 2 is 1.88 bits per heavy atom. The van der Waals surface area contributed by atoms with Gasteiger partial charge in [0.15, 0.2) is 0 Å². The van der Waals surface area contributed by atoms with E-state index in [0.717, 1.165) is 46.2 Å². The number of halogens is 1. The van der Waals surface area contributed by atoms with Crippen molar-refractivity contribution in [3.63, 3.8) is 0 Å². The van der Waals surface area contributed by atoms with Crippen molar-refractivity contribution in [1.29, 1.82) is 0 Å². The number of rotatable bonds is 8. The predicted octanol–water partition coefficient (Wildman–Crippen LogP) is 6.00. The summed E-state index contributed by atoms with van der Waals surface area (Å²) in [5.74, 6) is 1.65. The molecule has 12 heteroatoms. The third-order valence-electron chi connectivity index (χ3n) is 7.31. The molecular weight excluding hydrogens is 619 g/mol. The Kier molecular flexibility index (Phi) is 8.07. The summed E-state index contributed by atoms with van der Waals surface area (Å²) in [6.07, 6.45) is 7.20. The highest BCUT2D eigenvalue weighted by molar-refractivity contribution is 9.10. The first-order valence-electron chi connectivity index (χ1n) is 13.6. The van der Waals surface area contributed by atoms with Gasteiger partial charge < -0.3 is 34.3 Å². The summed E-state index contributed by atoms with van der Waals surface area (Å²) in [4.78, 5) is 16.2. The summed E-state index contributed by atoms with van der Waals surface area (Å²) in [7, 11) is -1.03. The fourth-order valence-corrected chi connectivity index (χ4v) is 7.10. The second kappa shape index (κ2) is 11.9. The van der Waals surface area contributed by atoms with Crippen molar-refractivity contribution in [2.45, 2.75) is 5.92 Å². The van der Waals surface area contributed by atoms with Crippen molar-refractivity contribution in [3.05, 3.63) is 71.2 Å². The lowest BCUT2D eigenvalue weighted by Crippen LogP contribution is -2.37. The van der Waals surface area contributed by atoms with Crippen LogP contribution in [0, 0.1) is 0 Å². The first-order chi connectivity index (χ1) is 20.3. The van der Waals surface area contributed by atoms with Gasteiger partial charge in [0.25, 0.3) is 0 Å². The Hall–Kier alpha value is -3.66. The lowest BCUT2D eigenvalue weighted by Gasteiger charge is -2.32. The smallest absolute Gasteiger partial charge is 0.229 e. The zero-order chi connectivity index (χ0) is 29.3. The second-order valence-electron chi connectivity index (χ2n) is 10.5. The zero-order valence-corrected chi connectivity index (χ0v) is 26.1. The summed E-state index contributed by atoms with van der Waals surface area (Å²) in [6.45, 7) is 7.07. The number of fused-ring (bicyclic) bond motifs is 1. The van der Waals surface area contributed by atoms with Gasteiger partial charge in [0, 0.05) is 47.6 Å². The van der Waals surface area contributed by atoms with Crippen LogP contribution in [0.25, 0.3) is 10.9 Å². The third kappa shape index (κ3) is 5.82. The van der Waals surface area contributed by atoms with E-state index < -0.39 is 7.14 Å². The average Bonchev–Trinajstić information content (AvgIpc) is 3.53. The second-order valence-corrected chi connectivity index (χ2v) is 14.5. The molecule has 1 fully saturated rings. The van der Waals surface area contributed by atoms with E-state index in [1.807, 2.05) is 24.3 Å². The fraction of sp³-hybridized carbons (Fsp3) is 0.300. The first-order valence-corrected chi connectivity index (χ1v) is 17.0. The Morgan fingerprint density at radius 1 is 1.07 bits per heavy atom. The van der Waals surface area contributed by atoms with Crippen molar-refractivity contribution >= 4 is 68.1 Å². The van der Waals surface area contributed by atoms with Crippen LogP contribution in [0.2, 0.25) is 0 Å². The average molecular weight is 652 g/mol. The number of benzene rings is 2. The molecule has 0 spiro atoms. The maximum Gasteiger partial charge on any atom is 0.229 e. The molecule has 2 aliphatic rings. The van der Waals surface area contributed by atoms with Gasteiger partial charge in [-0.15, -0.1) is 0 Å². The molecule has 2 aliphatic heterocycles. The van der Waals surface area contributed by atoms with E-state index in [0.29, 0.717) is 47.5 Å². The monoisotopic (exact) mass is 650 g/mol. The summed E-state index contributed by atoms with van der Waals surface area (Å²) >= 11 is 3.57. The van der Waals surface area contributed by atoms with Gasteiger partial charge in [-0.1, -0.05) is 18.2 Å². The maximum absolute atomic E-state index is 13.4. The highest BCUT2D eigenvalue weighted by atomic mass is 79.9. The number of hydrogen-bond acceptors (Lipinski definition) is 10. The molecule has 218 valence electrons. The van der Waals surface area contributed by atoms with Gasteiger partial charge in [-0.25, -0.2) is 4.98 Å². The summed E-state index contributed by atoms with van der Waals surface area (Å²) in [5.41, 5.74) is 4.38. The van der Waals surface area contributed by atoms with Gasteiger partial charge in [0.2, 0.25) is 5.95 Å². The van der Waals surface area contributed by atoms with E-state index in [2.05, 4.69) is 59.6 Å². The molecule has 0 radical (unpaired) electrons. The van der Waals surface area contributed by atoms with Crippen LogP contribution in [0.15, 0.2) is 65.6 Å². The minimum atomic E-state index is -2.68. The largest absolute Gasteiger partial charge is 0.501 e. The number of nitrogens with zero attached hydrogens (tertiary/aromatic N) is 4. The quantitative estimate of drug-likeness (QED) is 0.220. The first kappa shape index (κ1) is 28.5. The van der Waals surface area contributed by atoms with Crippen molar-refractivity contribution in [3.8, 4) is 5.75 Å². The van der Waals surface area contributed by atoms with Crippen LogP contribution < -0.4 is 25.6 Å². The van der Waals surface area contributed by atoms with Gasteiger partial charge in [-0.05, 0) is 53.0 Å². The SMILES string of the molecule is COc1cc(N2CCOCC2)c(C2C=COC2)cc1Nc1ncc(Br)c(Nc2cnc3ccccc3c2P(C)(C)=O)n1. The van der Waals surface area contributed by atoms with Crippen LogP contribution in [0.4, 0.5) is 28.8 Å². The molecule has 42 heavy (non-hydrogen) atoms. The van der Waals surface area contributed by atoms with Crippen LogP contribution in [0.3, 0.4) is 0 Å². The number of hydrogen-bond donors (Lipinski definition) is 2. The lowest BCUT2D eigenvalue weighted by atomic mass is 9.96. The van der Waals surface area contributed by atoms with E-state index in [4.69, 9.17) is 19.2 Å². The number of nitrogens with one attached hydrogen (secondary N) is 2. The lowest BCUT2D eigenvalue weighted by molar-refractivity contribution is 0.122. The molecule has 1 unspecified atom stereocenters. The number of aromatic nitrogens is 3. The Bertz CT molecular complexity index is 1710. The normalized spacial score (nSPS) is 16.9. The molecule has 10 nitrogen and oxygen atoms in total. The van der Waals surface area contributed by atoms with Crippen LogP contribution in [-0.4, -0.2) is 68.3 Å². The van der Waals surface area contributed by atoms with E-state index in [9.17, 15) is 4.57 Å². The van der Waals surface area contributed by atoms with Crippen molar-refractivity contribution in [2.24, 2.45) is 0 Å². The van der Waals surface area contributed by atoms with Crippen molar-refractivity contribution in [2.75, 3.05) is 68.9 Å². The summed E-state index contributed by atoms with van der Waals surface area (Å²) in [6, 6.07) is 11.8. The Morgan fingerprint density at radius 3 is 2.62 bits per heavy atom. The molecule has 2 aromatic carbocycles. The van der Waals surface area contributed by atoms with Crippen molar-refractivity contribution < 1.29 is 18.8 Å². The highest BCUT2D eigenvalue weighted by Gasteiger charge is 2.25. The van der Waals surface area contributed by atoms with Crippen LogP contribution in [-0.2, 0) is 14.0 Å². The van der Waals surface area contributed by atoms with Gasteiger partial charge in [0.05, 0.1) is 60.8 Å². The molecule has 0 amide bonds. The van der Waals surface area contributed by atoms with Crippen LogP contribution in [0.5, 0.6) is 5.75 Å². The Labute approximate surface area is 253 Å². The number of morpholine rings is 1. The summed E-state index contributed by atoms with van der Waals surface area (Å²) in [5, 5.41) is 8.29. The number of ether oxygens (including phenoxy) is 3. The minimum Gasteiger partial charge on any atom is -0.501 e. The number of para-hydroxylation sites is 1. The van der Waals surface area contributed by atoms with Crippen molar-refractivity contribution in [1.82, 2.24) is 15.0 Å². The highest BCUT2D eigenvalue weighted by Crippen LogP contribution is 2.42. The van der Waals surface area contributed by atoms with E-state index in [1.165, 1.54) is 0 Å². The number of anilines is 5. The molecule has 4 heterocycles. The molecule has 4 aromatic rings. The molecular formula is C30H32BrN6O4P. The Balaban J connectivity index is 1.36. The summed E-state index contributed by atoms with van der Waals surface area (Å²) < 4.78 is 31.1. The van der Waals surface area contributed by atoms with Crippen LogP contribution >= 0.6 is 23.1 Å². The van der Waals surface area contributed by atoms with Gasteiger partial charge in [0.1, 0.15) is 18.7 Å². The minimum absolute atomic E-state index is 0.106. The third-order valence-corrected chi connectivity index (χ3v) is 9.45. The van der Waals surface area contributed by atoms with Gasteiger partial charge in [-0.3, -0.25) is 4.98 Å². The van der Waals surface area contributed by atoms with Gasteiger partial charge in [-0.2, -0.15) is 4.98 Å². The van der Waals surface area contributed by atoms with E-state index in [1.54, 1.807) is 39.1 Å². The van der Waals surface area contributed by atoms with E-state index in [-0.39, 0.29) is 5.92 Å². The predicted molar refractivity (Wildman–Crippen MR) is 171 cm³/mol. The maximum atomic E-state index is 13.4. The molecule has 2 aromatic heterocycles. The number of methoxy groups -OCH3 is 1. The van der Waals surface area contributed by atoms with E-state index >= 15 is 0 Å². The van der Waals surface area contributed by atoms with Crippen LogP contribution in [0.1, 0.15) is 11.5 Å². The number of pyridine rings is 1. The molecule has 0 aliphatic carbocycles. The molecule has 1 atom stereocenters.